The van der Waals surface area contributed by atoms with Crippen LogP contribution in [0.3, 0.4) is 0 Å². The number of nitrogens with two attached hydrogens (primary N) is 1. The van der Waals surface area contributed by atoms with E-state index in [1.54, 1.807) is 6.07 Å². The van der Waals surface area contributed by atoms with Gasteiger partial charge in [-0.25, -0.2) is 0 Å². The van der Waals surface area contributed by atoms with Crippen molar-refractivity contribution in [2.24, 2.45) is 5.92 Å². The normalized spacial score (nSPS) is 10.8. The van der Waals surface area contributed by atoms with Gasteiger partial charge in [0.2, 0.25) is 0 Å². The van der Waals surface area contributed by atoms with E-state index in [0.29, 0.717) is 23.8 Å². The SMILES string of the molecule is CC(C)Cc1c(N)cc(C#N)n1Cc1ccc(Br)cc1. The fourth-order valence-corrected chi connectivity index (χ4v) is 2.53. The first kappa shape index (κ1) is 14.7. The molecule has 0 aliphatic heterocycles. The van der Waals surface area contributed by atoms with E-state index in [1.165, 1.54) is 0 Å². The molecule has 2 N–H and O–H groups in total. The van der Waals surface area contributed by atoms with E-state index >= 15 is 0 Å². The summed E-state index contributed by atoms with van der Waals surface area (Å²) in [6.45, 7) is 4.99. The lowest BCUT2D eigenvalue weighted by Gasteiger charge is -2.13. The minimum absolute atomic E-state index is 0.502. The Morgan fingerprint density at radius 3 is 2.50 bits per heavy atom. The van der Waals surface area contributed by atoms with E-state index in [9.17, 15) is 5.26 Å². The molecular weight excluding hydrogens is 314 g/mol. The van der Waals surface area contributed by atoms with Crippen molar-refractivity contribution in [3.63, 3.8) is 0 Å². The van der Waals surface area contributed by atoms with Gasteiger partial charge in [-0.2, -0.15) is 5.26 Å². The molecule has 0 unspecified atom stereocenters. The Labute approximate surface area is 128 Å². The number of nitrogens with zero attached hydrogens (tertiary/aromatic N) is 2. The number of hydrogen-bond acceptors (Lipinski definition) is 2. The van der Waals surface area contributed by atoms with Crippen LogP contribution in [-0.4, -0.2) is 4.57 Å². The van der Waals surface area contributed by atoms with Gasteiger partial charge in [-0.15, -0.1) is 0 Å². The van der Waals surface area contributed by atoms with Crippen LogP contribution in [0.25, 0.3) is 0 Å². The van der Waals surface area contributed by atoms with Gasteiger partial charge >= 0.3 is 0 Å². The number of nitriles is 1. The van der Waals surface area contributed by atoms with Crippen molar-refractivity contribution in [1.29, 1.82) is 5.26 Å². The molecule has 3 nitrogen and oxygen atoms in total. The maximum atomic E-state index is 9.28. The second kappa shape index (κ2) is 6.15. The van der Waals surface area contributed by atoms with E-state index < -0.39 is 0 Å². The number of nitrogen functional groups attached to an aromatic ring is 1. The smallest absolute Gasteiger partial charge is 0.122 e. The van der Waals surface area contributed by atoms with Gasteiger partial charge in [0.25, 0.3) is 0 Å². The van der Waals surface area contributed by atoms with Crippen LogP contribution in [-0.2, 0) is 13.0 Å². The number of rotatable bonds is 4. The topological polar surface area (TPSA) is 54.7 Å². The highest BCUT2D eigenvalue weighted by Crippen LogP contribution is 2.23. The first-order valence-electron chi connectivity index (χ1n) is 6.63. The lowest BCUT2D eigenvalue weighted by atomic mass is 10.1. The average Bonchev–Trinajstić information content (AvgIpc) is 2.69. The highest BCUT2D eigenvalue weighted by Gasteiger charge is 2.14. The minimum atomic E-state index is 0.502. The molecule has 0 amide bonds. The quantitative estimate of drug-likeness (QED) is 0.922. The lowest BCUT2D eigenvalue weighted by molar-refractivity contribution is 0.604. The summed E-state index contributed by atoms with van der Waals surface area (Å²) in [4.78, 5) is 0. The summed E-state index contributed by atoms with van der Waals surface area (Å²) in [5.41, 5.74) is 9.62. The first-order chi connectivity index (χ1) is 9.51. The summed E-state index contributed by atoms with van der Waals surface area (Å²) in [6.07, 6.45) is 0.879. The lowest BCUT2D eigenvalue weighted by Crippen LogP contribution is -2.10. The Bertz CT molecular complexity index is 633. The Morgan fingerprint density at radius 1 is 1.30 bits per heavy atom. The van der Waals surface area contributed by atoms with E-state index in [4.69, 9.17) is 5.73 Å². The molecule has 4 heteroatoms. The van der Waals surface area contributed by atoms with Gasteiger partial charge in [0.05, 0.1) is 5.69 Å². The Morgan fingerprint density at radius 2 is 1.95 bits per heavy atom. The number of benzene rings is 1. The molecule has 0 bridgehead atoms. The van der Waals surface area contributed by atoms with Crippen molar-refractivity contribution < 1.29 is 0 Å². The standard InChI is InChI=1S/C16H18BrN3/c1-11(2)7-16-15(19)8-14(9-18)20(16)10-12-3-5-13(17)6-4-12/h3-6,8,11H,7,10,19H2,1-2H3. The van der Waals surface area contributed by atoms with Crippen LogP contribution < -0.4 is 5.73 Å². The third kappa shape index (κ3) is 3.23. The summed E-state index contributed by atoms with van der Waals surface area (Å²) in [5.74, 6) is 0.502. The highest BCUT2D eigenvalue weighted by atomic mass is 79.9. The fourth-order valence-electron chi connectivity index (χ4n) is 2.27. The summed E-state index contributed by atoms with van der Waals surface area (Å²) >= 11 is 3.43. The third-order valence-electron chi connectivity index (χ3n) is 3.21. The maximum Gasteiger partial charge on any atom is 0.122 e. The molecule has 2 rings (SSSR count). The maximum absolute atomic E-state index is 9.28. The van der Waals surface area contributed by atoms with Crippen molar-refractivity contribution in [3.05, 3.63) is 51.8 Å². The largest absolute Gasteiger partial charge is 0.397 e. The van der Waals surface area contributed by atoms with Crippen LogP contribution in [0.1, 0.15) is 30.8 Å². The molecule has 0 aliphatic carbocycles. The molecule has 0 spiro atoms. The van der Waals surface area contributed by atoms with Crippen LogP contribution in [0.2, 0.25) is 0 Å². The van der Waals surface area contributed by atoms with Crippen molar-refractivity contribution in [3.8, 4) is 6.07 Å². The molecule has 0 atom stereocenters. The molecule has 20 heavy (non-hydrogen) atoms. The molecule has 1 aromatic heterocycles. The predicted molar refractivity (Wildman–Crippen MR) is 85.3 cm³/mol. The van der Waals surface area contributed by atoms with Gasteiger partial charge in [0.15, 0.2) is 0 Å². The number of anilines is 1. The molecule has 0 aliphatic rings. The van der Waals surface area contributed by atoms with E-state index in [0.717, 1.165) is 22.2 Å². The summed E-state index contributed by atoms with van der Waals surface area (Å²) in [5, 5.41) is 9.28. The zero-order valence-electron chi connectivity index (χ0n) is 11.7. The molecule has 0 fully saturated rings. The van der Waals surface area contributed by atoms with E-state index in [2.05, 4.69) is 48.0 Å². The van der Waals surface area contributed by atoms with Crippen LogP contribution in [0, 0.1) is 17.2 Å². The second-order valence-corrected chi connectivity index (χ2v) is 6.27. The third-order valence-corrected chi connectivity index (χ3v) is 3.74. The summed E-state index contributed by atoms with van der Waals surface area (Å²) in [6, 6.07) is 12.1. The second-order valence-electron chi connectivity index (χ2n) is 5.35. The number of aromatic nitrogens is 1. The Hall–Kier alpha value is -1.73. The van der Waals surface area contributed by atoms with Gasteiger partial charge < -0.3 is 10.3 Å². The highest BCUT2D eigenvalue weighted by molar-refractivity contribution is 9.10. The molecular formula is C16H18BrN3. The van der Waals surface area contributed by atoms with Crippen molar-refractivity contribution in [1.82, 2.24) is 4.57 Å². The van der Waals surface area contributed by atoms with E-state index in [1.807, 2.05) is 16.7 Å². The Balaban J connectivity index is 2.38. The zero-order chi connectivity index (χ0) is 14.7. The molecule has 0 radical (unpaired) electrons. The Kier molecular flexibility index (Phi) is 4.51. The van der Waals surface area contributed by atoms with Crippen molar-refractivity contribution >= 4 is 21.6 Å². The molecule has 104 valence electrons. The molecule has 1 heterocycles. The van der Waals surface area contributed by atoms with Gasteiger partial charge in [0.1, 0.15) is 11.8 Å². The summed E-state index contributed by atoms with van der Waals surface area (Å²) < 4.78 is 3.08. The minimum Gasteiger partial charge on any atom is -0.397 e. The molecule has 0 saturated heterocycles. The first-order valence-corrected chi connectivity index (χ1v) is 7.43. The van der Waals surface area contributed by atoms with Gasteiger partial charge in [0, 0.05) is 16.7 Å². The van der Waals surface area contributed by atoms with Crippen LogP contribution in [0.5, 0.6) is 0 Å². The number of halogens is 1. The van der Waals surface area contributed by atoms with Crippen molar-refractivity contribution in [2.45, 2.75) is 26.8 Å². The molecule has 0 saturated carbocycles. The van der Waals surface area contributed by atoms with Crippen LogP contribution in [0.15, 0.2) is 34.8 Å². The molecule has 2 aromatic rings. The number of hydrogen-bond donors (Lipinski definition) is 1. The summed E-state index contributed by atoms with van der Waals surface area (Å²) in [7, 11) is 0. The predicted octanol–water partition coefficient (Wildman–Crippen LogP) is 3.95. The van der Waals surface area contributed by atoms with Crippen LogP contribution >= 0.6 is 15.9 Å². The van der Waals surface area contributed by atoms with Gasteiger partial charge in [-0.05, 0) is 36.1 Å². The van der Waals surface area contributed by atoms with Crippen molar-refractivity contribution in [2.75, 3.05) is 5.73 Å². The van der Waals surface area contributed by atoms with Crippen LogP contribution in [0.4, 0.5) is 5.69 Å². The van der Waals surface area contributed by atoms with Gasteiger partial charge in [-0.3, -0.25) is 0 Å². The average molecular weight is 332 g/mol. The zero-order valence-corrected chi connectivity index (χ0v) is 13.3. The van der Waals surface area contributed by atoms with E-state index in [-0.39, 0.29) is 0 Å². The monoisotopic (exact) mass is 331 g/mol. The molecule has 1 aromatic carbocycles. The fraction of sp³-hybridized carbons (Fsp3) is 0.312. The van der Waals surface area contributed by atoms with Gasteiger partial charge in [-0.1, -0.05) is 41.9 Å².